The van der Waals surface area contributed by atoms with Crippen molar-refractivity contribution >= 4 is 34.3 Å². The van der Waals surface area contributed by atoms with Gasteiger partial charge in [-0.1, -0.05) is 12.1 Å². The van der Waals surface area contributed by atoms with Crippen LogP contribution < -0.4 is 15.5 Å². The van der Waals surface area contributed by atoms with Crippen molar-refractivity contribution in [3.63, 3.8) is 0 Å². The number of aryl methyl sites for hydroxylation is 2. The number of halogens is 2. The quantitative estimate of drug-likeness (QED) is 0.354. The van der Waals surface area contributed by atoms with Crippen LogP contribution >= 0.6 is 0 Å². The molecule has 0 bridgehead atoms. The molecule has 1 aliphatic rings. The van der Waals surface area contributed by atoms with E-state index < -0.39 is 11.6 Å². The van der Waals surface area contributed by atoms with Gasteiger partial charge in [0, 0.05) is 40.2 Å². The van der Waals surface area contributed by atoms with Crippen molar-refractivity contribution < 1.29 is 13.6 Å². The molecule has 170 valence electrons. The summed E-state index contributed by atoms with van der Waals surface area (Å²) in [5.74, 6) is -1.91. The molecule has 2 heterocycles. The summed E-state index contributed by atoms with van der Waals surface area (Å²) in [4.78, 5) is 19.0. The maximum Gasteiger partial charge on any atom is 0.258 e. The summed E-state index contributed by atoms with van der Waals surface area (Å²) in [6.07, 6.45) is 1.74. The van der Waals surface area contributed by atoms with E-state index in [2.05, 4.69) is 15.6 Å². The van der Waals surface area contributed by atoms with Gasteiger partial charge in [0.1, 0.15) is 0 Å². The van der Waals surface area contributed by atoms with Crippen molar-refractivity contribution in [2.24, 2.45) is 0 Å². The molecule has 0 saturated heterocycles. The first kappa shape index (κ1) is 21.6. The number of pyridine rings is 1. The van der Waals surface area contributed by atoms with Crippen LogP contribution in [0.15, 0.2) is 72.9 Å². The fourth-order valence-corrected chi connectivity index (χ4v) is 4.05. The lowest BCUT2D eigenvalue weighted by molar-refractivity contribution is 0.0996. The predicted molar refractivity (Wildman–Crippen MR) is 130 cm³/mol. The van der Waals surface area contributed by atoms with Gasteiger partial charge in [0.2, 0.25) is 0 Å². The van der Waals surface area contributed by atoms with Crippen molar-refractivity contribution in [2.45, 2.75) is 20.4 Å². The van der Waals surface area contributed by atoms with Crippen LogP contribution in [0.5, 0.6) is 0 Å². The molecule has 1 aliphatic heterocycles. The lowest BCUT2D eigenvalue weighted by Crippen LogP contribution is -2.22. The third kappa shape index (κ3) is 4.08. The van der Waals surface area contributed by atoms with Crippen molar-refractivity contribution in [1.29, 1.82) is 0 Å². The molecular formula is C27H22F2N4O. The number of amides is 1. The minimum absolute atomic E-state index is 0.0401. The fraction of sp³-hybridized carbons (Fsp3) is 0.111. The Kier molecular flexibility index (Phi) is 5.45. The molecule has 0 aliphatic carbocycles. The van der Waals surface area contributed by atoms with Crippen molar-refractivity contribution in [2.75, 3.05) is 15.5 Å². The summed E-state index contributed by atoms with van der Waals surface area (Å²) in [6.45, 7) is 3.85. The number of rotatable bonds is 5. The first-order valence-electron chi connectivity index (χ1n) is 10.9. The first-order chi connectivity index (χ1) is 16.4. The molecule has 3 aromatic carbocycles. The molecule has 7 heteroatoms. The highest BCUT2D eigenvalue weighted by atomic mass is 19.2. The Morgan fingerprint density at radius 2 is 1.65 bits per heavy atom. The minimum atomic E-state index is -0.931. The predicted octanol–water partition coefficient (Wildman–Crippen LogP) is 6.62. The van der Waals surface area contributed by atoms with Crippen LogP contribution in [0.3, 0.4) is 0 Å². The standard InChI is InChI=1S/C27H22F2N4O/c1-16-6-9-24(26(29)25(16)28)32-19-4-3-5-22(14-19)33-15-18-13-20(7-8-23(18)27(33)34)31-21-10-11-30-17(2)12-21/h3-14,32H,15H2,1-2H3,(H,30,31). The molecule has 0 fully saturated rings. The number of nitrogens with zero attached hydrogens (tertiary/aromatic N) is 2. The molecule has 0 atom stereocenters. The fourth-order valence-electron chi connectivity index (χ4n) is 4.05. The van der Waals surface area contributed by atoms with E-state index in [1.807, 2.05) is 43.3 Å². The number of aromatic nitrogens is 1. The maximum absolute atomic E-state index is 14.3. The van der Waals surface area contributed by atoms with Gasteiger partial charge in [0.25, 0.3) is 5.91 Å². The van der Waals surface area contributed by atoms with Gasteiger partial charge in [-0.25, -0.2) is 8.78 Å². The smallest absolute Gasteiger partial charge is 0.258 e. The zero-order valence-corrected chi connectivity index (χ0v) is 18.7. The van der Waals surface area contributed by atoms with Gasteiger partial charge in [0.15, 0.2) is 11.6 Å². The van der Waals surface area contributed by atoms with E-state index in [1.165, 1.54) is 19.1 Å². The third-order valence-corrected chi connectivity index (χ3v) is 5.81. The van der Waals surface area contributed by atoms with Crippen molar-refractivity contribution in [3.8, 4) is 0 Å². The summed E-state index contributed by atoms with van der Waals surface area (Å²) in [7, 11) is 0. The van der Waals surface area contributed by atoms with Crippen LogP contribution in [0.4, 0.5) is 37.2 Å². The Hall–Kier alpha value is -4.26. The maximum atomic E-state index is 14.3. The third-order valence-electron chi connectivity index (χ3n) is 5.81. The van der Waals surface area contributed by atoms with E-state index >= 15 is 0 Å². The van der Waals surface area contributed by atoms with Gasteiger partial charge in [-0.15, -0.1) is 0 Å². The lowest BCUT2D eigenvalue weighted by Gasteiger charge is -2.17. The normalized spacial score (nSPS) is 12.6. The second-order valence-corrected chi connectivity index (χ2v) is 8.31. The molecule has 4 aromatic rings. The van der Waals surface area contributed by atoms with E-state index in [0.717, 1.165) is 22.6 Å². The molecule has 5 rings (SSSR count). The molecule has 0 unspecified atom stereocenters. The van der Waals surface area contributed by atoms with Gasteiger partial charge < -0.3 is 15.5 Å². The van der Waals surface area contributed by atoms with E-state index in [-0.39, 0.29) is 17.2 Å². The Morgan fingerprint density at radius 3 is 2.47 bits per heavy atom. The average molecular weight is 456 g/mol. The summed E-state index contributed by atoms with van der Waals surface area (Å²) in [6, 6.07) is 19.6. The molecule has 1 aromatic heterocycles. The van der Waals surface area contributed by atoms with Crippen LogP contribution in [0.2, 0.25) is 0 Å². The number of carbonyl (C=O) groups excluding carboxylic acids is 1. The van der Waals surface area contributed by atoms with E-state index in [0.29, 0.717) is 23.5 Å². The van der Waals surface area contributed by atoms with Crippen LogP contribution in [0, 0.1) is 25.5 Å². The van der Waals surface area contributed by atoms with Gasteiger partial charge in [-0.05, 0) is 79.6 Å². The minimum Gasteiger partial charge on any atom is -0.355 e. The van der Waals surface area contributed by atoms with E-state index in [4.69, 9.17) is 0 Å². The lowest BCUT2D eigenvalue weighted by atomic mass is 10.1. The van der Waals surface area contributed by atoms with Crippen LogP contribution in [-0.4, -0.2) is 10.9 Å². The SMILES string of the molecule is Cc1cc(Nc2ccc3c(c2)CN(c2cccc(Nc4ccc(C)c(F)c4F)c2)C3=O)ccn1. The number of hydrogen-bond donors (Lipinski definition) is 2. The highest BCUT2D eigenvalue weighted by Crippen LogP contribution is 2.33. The van der Waals surface area contributed by atoms with Crippen LogP contribution in [0.25, 0.3) is 0 Å². The van der Waals surface area contributed by atoms with Gasteiger partial charge in [0.05, 0.1) is 12.2 Å². The van der Waals surface area contributed by atoms with Gasteiger partial charge in [-0.3, -0.25) is 9.78 Å². The summed E-state index contributed by atoms with van der Waals surface area (Å²) in [5.41, 5.74) is 5.76. The Labute approximate surface area is 196 Å². The Bertz CT molecular complexity index is 1420. The van der Waals surface area contributed by atoms with Gasteiger partial charge >= 0.3 is 0 Å². The molecule has 5 nitrogen and oxygen atoms in total. The number of carbonyl (C=O) groups is 1. The Balaban J connectivity index is 1.37. The van der Waals surface area contributed by atoms with Crippen LogP contribution in [-0.2, 0) is 6.54 Å². The van der Waals surface area contributed by atoms with Crippen molar-refractivity contribution in [3.05, 3.63) is 107 Å². The van der Waals surface area contributed by atoms with E-state index in [1.54, 1.807) is 29.3 Å². The van der Waals surface area contributed by atoms with Gasteiger partial charge in [-0.2, -0.15) is 0 Å². The molecule has 0 radical (unpaired) electrons. The zero-order chi connectivity index (χ0) is 23.8. The molecule has 0 spiro atoms. The highest BCUT2D eigenvalue weighted by molar-refractivity contribution is 6.10. The second-order valence-electron chi connectivity index (χ2n) is 8.31. The molecule has 1 amide bonds. The van der Waals surface area contributed by atoms with Crippen molar-refractivity contribution in [1.82, 2.24) is 4.98 Å². The first-order valence-corrected chi connectivity index (χ1v) is 10.9. The monoisotopic (exact) mass is 456 g/mol. The average Bonchev–Trinajstić information content (AvgIpc) is 3.15. The van der Waals surface area contributed by atoms with Crippen LogP contribution in [0.1, 0.15) is 27.2 Å². The molecule has 34 heavy (non-hydrogen) atoms. The number of hydrogen-bond acceptors (Lipinski definition) is 4. The second kappa shape index (κ2) is 8.59. The number of fused-ring (bicyclic) bond motifs is 1. The Morgan fingerprint density at radius 1 is 0.853 bits per heavy atom. The highest BCUT2D eigenvalue weighted by Gasteiger charge is 2.29. The summed E-state index contributed by atoms with van der Waals surface area (Å²) < 4.78 is 28.2. The summed E-state index contributed by atoms with van der Waals surface area (Å²) >= 11 is 0. The molecular weight excluding hydrogens is 434 g/mol. The molecule has 2 N–H and O–H groups in total. The zero-order valence-electron chi connectivity index (χ0n) is 18.7. The summed E-state index contributed by atoms with van der Waals surface area (Å²) in [5, 5.41) is 6.26. The largest absolute Gasteiger partial charge is 0.355 e. The van der Waals surface area contributed by atoms with E-state index in [9.17, 15) is 13.6 Å². The number of anilines is 5. The number of nitrogens with one attached hydrogen (secondary N) is 2. The topological polar surface area (TPSA) is 57.3 Å². The number of benzene rings is 3. The molecule has 0 saturated carbocycles.